The van der Waals surface area contributed by atoms with Gasteiger partial charge < -0.3 is 19.5 Å². The first kappa shape index (κ1) is 26.8. The molecule has 1 N–H and O–H groups in total. The fourth-order valence-electron chi connectivity index (χ4n) is 3.20. The molecule has 30 heavy (non-hydrogen) atoms. The van der Waals surface area contributed by atoms with Crippen molar-refractivity contribution in [2.45, 2.75) is 19.6 Å². The topological polar surface area (TPSA) is 43.0 Å². The molecular weight excluding hydrogens is 447 g/mol. The Morgan fingerprint density at radius 2 is 1.83 bits per heavy atom. The fraction of sp³-hybridized carbons (Fsp3) is 0.455. The van der Waals surface area contributed by atoms with Gasteiger partial charge >= 0.3 is 0 Å². The van der Waals surface area contributed by atoms with Gasteiger partial charge in [0.1, 0.15) is 6.61 Å². The smallest absolute Gasteiger partial charge is 0.161 e. The highest BCUT2D eigenvalue weighted by Gasteiger charge is 2.10. The second kappa shape index (κ2) is 14.7. The first-order valence-electron chi connectivity index (χ1n) is 9.80. The van der Waals surface area contributed by atoms with Crippen LogP contribution < -0.4 is 14.8 Å². The van der Waals surface area contributed by atoms with E-state index in [1.165, 1.54) is 5.56 Å². The Morgan fingerprint density at radius 1 is 1.07 bits per heavy atom. The molecule has 3 rings (SSSR count). The van der Waals surface area contributed by atoms with Crippen molar-refractivity contribution >= 4 is 36.4 Å². The molecule has 0 amide bonds. The van der Waals surface area contributed by atoms with Crippen LogP contribution in [0.2, 0.25) is 5.02 Å². The number of nitrogens with zero attached hydrogens (tertiary/aromatic N) is 1. The second-order valence-electron chi connectivity index (χ2n) is 6.85. The van der Waals surface area contributed by atoms with Crippen LogP contribution in [-0.2, 0) is 17.9 Å². The number of rotatable bonds is 10. The highest BCUT2D eigenvalue weighted by molar-refractivity contribution is 6.31. The molecule has 1 aliphatic heterocycles. The third-order valence-electron chi connectivity index (χ3n) is 4.83. The molecule has 168 valence electrons. The first-order valence-corrected chi connectivity index (χ1v) is 10.2. The van der Waals surface area contributed by atoms with Crippen LogP contribution in [0, 0.1) is 0 Å². The highest BCUT2D eigenvalue weighted by Crippen LogP contribution is 2.29. The van der Waals surface area contributed by atoms with Crippen LogP contribution in [0.1, 0.15) is 17.5 Å². The molecule has 0 aliphatic carbocycles. The third kappa shape index (κ3) is 8.50. The van der Waals surface area contributed by atoms with Crippen molar-refractivity contribution in [1.82, 2.24) is 10.2 Å². The number of methoxy groups -OCH3 is 1. The van der Waals surface area contributed by atoms with Crippen LogP contribution in [0.3, 0.4) is 0 Å². The largest absolute Gasteiger partial charge is 0.493 e. The quantitative estimate of drug-likeness (QED) is 0.507. The van der Waals surface area contributed by atoms with Gasteiger partial charge in [-0.15, -0.1) is 24.8 Å². The molecule has 0 spiro atoms. The van der Waals surface area contributed by atoms with Crippen LogP contribution >= 0.6 is 36.4 Å². The summed E-state index contributed by atoms with van der Waals surface area (Å²) in [5.74, 6) is 1.46. The number of halogens is 3. The standard InChI is InChI=1S/C22H29ClN2O3.2ClH/c1-26-22-15-18(16-24-9-4-10-25-11-13-27-14-12-25)7-8-21(22)28-17-19-5-2-3-6-20(19)23;;/h2-3,5-8,15,24H,4,9-14,16-17H2,1H3;2*1H. The van der Waals surface area contributed by atoms with Crippen LogP contribution in [-0.4, -0.2) is 51.4 Å². The van der Waals surface area contributed by atoms with E-state index in [0.717, 1.165) is 69.4 Å². The molecule has 1 saturated heterocycles. The number of nitrogens with one attached hydrogen (secondary N) is 1. The van der Waals surface area contributed by atoms with Gasteiger partial charge in [0.25, 0.3) is 0 Å². The number of hydrogen-bond acceptors (Lipinski definition) is 5. The van der Waals surface area contributed by atoms with Gasteiger partial charge in [0.2, 0.25) is 0 Å². The molecule has 1 heterocycles. The molecule has 0 bridgehead atoms. The van der Waals surface area contributed by atoms with Gasteiger partial charge in [0.15, 0.2) is 11.5 Å². The fourth-order valence-corrected chi connectivity index (χ4v) is 3.39. The van der Waals surface area contributed by atoms with Gasteiger partial charge in [-0.1, -0.05) is 35.9 Å². The number of morpholine rings is 1. The van der Waals surface area contributed by atoms with Crippen molar-refractivity contribution in [3.8, 4) is 11.5 Å². The molecule has 0 aromatic heterocycles. The summed E-state index contributed by atoms with van der Waals surface area (Å²) in [6.45, 7) is 7.15. The molecule has 2 aromatic rings. The Hall–Kier alpha value is -1.21. The molecule has 5 nitrogen and oxygen atoms in total. The molecule has 0 unspecified atom stereocenters. The Bertz CT molecular complexity index is 743. The summed E-state index contributed by atoms with van der Waals surface area (Å²) in [5.41, 5.74) is 2.13. The second-order valence-corrected chi connectivity index (χ2v) is 7.26. The predicted octanol–water partition coefficient (Wildman–Crippen LogP) is 4.58. The lowest BCUT2D eigenvalue weighted by Crippen LogP contribution is -2.37. The van der Waals surface area contributed by atoms with Crippen molar-refractivity contribution in [2.75, 3.05) is 46.5 Å². The van der Waals surface area contributed by atoms with Crippen molar-refractivity contribution < 1.29 is 14.2 Å². The minimum atomic E-state index is 0. The number of benzene rings is 2. The Kier molecular flexibility index (Phi) is 13.2. The van der Waals surface area contributed by atoms with Crippen molar-refractivity contribution in [3.05, 3.63) is 58.6 Å². The van der Waals surface area contributed by atoms with Crippen LogP contribution in [0.25, 0.3) is 0 Å². The van der Waals surface area contributed by atoms with E-state index < -0.39 is 0 Å². The van der Waals surface area contributed by atoms with E-state index in [1.807, 2.05) is 36.4 Å². The van der Waals surface area contributed by atoms with Gasteiger partial charge in [-0.3, -0.25) is 4.90 Å². The van der Waals surface area contributed by atoms with E-state index in [4.69, 9.17) is 25.8 Å². The van der Waals surface area contributed by atoms with Gasteiger partial charge in [-0.25, -0.2) is 0 Å². The summed E-state index contributed by atoms with van der Waals surface area (Å²) in [6.07, 6.45) is 1.14. The zero-order valence-corrected chi connectivity index (χ0v) is 19.7. The third-order valence-corrected chi connectivity index (χ3v) is 5.20. The molecule has 2 aromatic carbocycles. The van der Waals surface area contributed by atoms with Crippen molar-refractivity contribution in [2.24, 2.45) is 0 Å². The maximum Gasteiger partial charge on any atom is 0.161 e. The van der Waals surface area contributed by atoms with Gasteiger partial charge in [-0.2, -0.15) is 0 Å². The number of hydrogen-bond donors (Lipinski definition) is 1. The lowest BCUT2D eigenvalue weighted by molar-refractivity contribution is 0.0374. The van der Waals surface area contributed by atoms with E-state index >= 15 is 0 Å². The summed E-state index contributed by atoms with van der Waals surface area (Å²) < 4.78 is 16.8. The summed E-state index contributed by atoms with van der Waals surface area (Å²) in [4.78, 5) is 2.46. The molecule has 1 fully saturated rings. The van der Waals surface area contributed by atoms with E-state index in [2.05, 4.69) is 16.3 Å². The highest BCUT2D eigenvalue weighted by atomic mass is 35.5. The summed E-state index contributed by atoms with van der Waals surface area (Å²) >= 11 is 6.19. The molecule has 0 radical (unpaired) electrons. The van der Waals surface area contributed by atoms with Crippen LogP contribution in [0.15, 0.2) is 42.5 Å². The van der Waals surface area contributed by atoms with Gasteiger partial charge in [-0.05, 0) is 43.3 Å². The Morgan fingerprint density at radius 3 is 2.57 bits per heavy atom. The molecular formula is C22H31Cl3N2O3. The lowest BCUT2D eigenvalue weighted by atomic mass is 10.2. The Balaban J connectivity index is 0.00000225. The zero-order chi connectivity index (χ0) is 19.6. The molecule has 0 atom stereocenters. The van der Waals surface area contributed by atoms with Crippen LogP contribution in [0.4, 0.5) is 0 Å². The van der Waals surface area contributed by atoms with Gasteiger partial charge in [0.05, 0.1) is 20.3 Å². The average Bonchev–Trinajstić information content (AvgIpc) is 2.74. The summed E-state index contributed by atoms with van der Waals surface area (Å²) in [5, 5.41) is 4.21. The van der Waals surface area contributed by atoms with Crippen molar-refractivity contribution in [3.63, 3.8) is 0 Å². The maximum atomic E-state index is 6.19. The molecule has 8 heteroatoms. The van der Waals surface area contributed by atoms with E-state index in [9.17, 15) is 0 Å². The molecule has 1 aliphatic rings. The SMILES string of the molecule is COc1cc(CNCCCN2CCOCC2)ccc1OCc1ccccc1Cl.Cl.Cl. The zero-order valence-electron chi connectivity index (χ0n) is 17.3. The van der Waals surface area contributed by atoms with E-state index in [1.54, 1.807) is 7.11 Å². The van der Waals surface area contributed by atoms with Crippen LogP contribution in [0.5, 0.6) is 11.5 Å². The van der Waals surface area contributed by atoms with E-state index in [0.29, 0.717) is 11.6 Å². The van der Waals surface area contributed by atoms with E-state index in [-0.39, 0.29) is 24.8 Å². The van der Waals surface area contributed by atoms with Crippen molar-refractivity contribution in [1.29, 1.82) is 0 Å². The lowest BCUT2D eigenvalue weighted by Gasteiger charge is -2.26. The summed E-state index contributed by atoms with van der Waals surface area (Å²) in [6, 6.07) is 13.7. The normalized spacial score (nSPS) is 13.8. The maximum absolute atomic E-state index is 6.19. The monoisotopic (exact) mass is 476 g/mol. The minimum Gasteiger partial charge on any atom is -0.493 e. The minimum absolute atomic E-state index is 0. The Labute approximate surface area is 196 Å². The average molecular weight is 478 g/mol. The first-order chi connectivity index (χ1) is 13.8. The predicted molar refractivity (Wildman–Crippen MR) is 127 cm³/mol. The number of ether oxygens (including phenoxy) is 3. The molecule has 0 saturated carbocycles. The van der Waals surface area contributed by atoms with Gasteiger partial charge in [0, 0.05) is 30.2 Å². The summed E-state index contributed by atoms with van der Waals surface area (Å²) in [7, 11) is 1.66.